The predicted molar refractivity (Wildman–Crippen MR) is 136 cm³/mol. The van der Waals surface area contributed by atoms with Crippen LogP contribution in [0.3, 0.4) is 0 Å². The van der Waals surface area contributed by atoms with Gasteiger partial charge in [0, 0.05) is 16.7 Å². The summed E-state index contributed by atoms with van der Waals surface area (Å²) in [4.78, 5) is 13.8. The second kappa shape index (κ2) is 8.70. The summed E-state index contributed by atoms with van der Waals surface area (Å²) in [6, 6.07) is 21.3. The molecule has 0 heterocycles. The van der Waals surface area contributed by atoms with Crippen LogP contribution in [0.2, 0.25) is 0 Å². The van der Waals surface area contributed by atoms with E-state index < -0.39 is 17.0 Å². The fourth-order valence-corrected chi connectivity index (χ4v) is 4.23. The molecule has 0 unspecified atom stereocenters. The van der Waals surface area contributed by atoms with E-state index in [1.807, 2.05) is 101 Å². The molecular formula is C30H36O3. The van der Waals surface area contributed by atoms with Crippen molar-refractivity contribution in [2.45, 2.75) is 71.8 Å². The molecule has 174 valence electrons. The zero-order valence-electron chi connectivity index (χ0n) is 21.1. The van der Waals surface area contributed by atoms with E-state index in [-0.39, 0.29) is 11.2 Å². The fraction of sp³-hybridized carbons (Fsp3) is 0.367. The van der Waals surface area contributed by atoms with Crippen molar-refractivity contribution in [3.63, 3.8) is 0 Å². The van der Waals surface area contributed by atoms with Gasteiger partial charge in [-0.15, -0.1) is 0 Å². The minimum Gasteiger partial charge on any atom is -0.507 e. The maximum atomic E-state index is 13.8. The van der Waals surface area contributed by atoms with E-state index in [0.29, 0.717) is 5.56 Å². The lowest BCUT2D eigenvalue weighted by Crippen LogP contribution is -2.27. The molecule has 0 aliphatic carbocycles. The van der Waals surface area contributed by atoms with Crippen LogP contribution in [0.1, 0.15) is 82.4 Å². The van der Waals surface area contributed by atoms with E-state index >= 15 is 0 Å². The Morgan fingerprint density at radius 1 is 0.758 bits per heavy atom. The van der Waals surface area contributed by atoms with E-state index in [1.165, 1.54) is 0 Å². The molecule has 0 saturated heterocycles. The predicted octanol–water partition coefficient (Wildman–Crippen LogP) is 7.75. The summed E-state index contributed by atoms with van der Waals surface area (Å²) in [5.41, 5.74) is 2.91. The number of phenolic OH excluding ortho intramolecular Hbond substituents is 1. The van der Waals surface area contributed by atoms with E-state index in [1.54, 1.807) is 0 Å². The van der Waals surface area contributed by atoms with Crippen molar-refractivity contribution in [1.82, 2.24) is 0 Å². The zero-order valence-corrected chi connectivity index (χ0v) is 21.1. The first kappa shape index (κ1) is 24.6. The Bertz CT molecular complexity index is 1130. The summed E-state index contributed by atoms with van der Waals surface area (Å²) in [6.45, 7) is 16.1. The van der Waals surface area contributed by atoms with E-state index in [2.05, 4.69) is 20.8 Å². The highest BCUT2D eigenvalue weighted by Crippen LogP contribution is 2.46. The number of hydrogen-bond acceptors (Lipinski definition) is 3. The number of benzene rings is 3. The number of aromatic hydroxyl groups is 1. The Balaban J connectivity index is 2.30. The minimum atomic E-state index is -0.812. The van der Waals surface area contributed by atoms with E-state index in [4.69, 9.17) is 4.74 Å². The van der Waals surface area contributed by atoms with Gasteiger partial charge in [0.2, 0.25) is 0 Å². The molecular weight excluding hydrogens is 408 g/mol. The number of ether oxygens (including phenoxy) is 1. The maximum absolute atomic E-state index is 13.8. The van der Waals surface area contributed by atoms with Gasteiger partial charge in [0.25, 0.3) is 0 Å². The summed E-state index contributed by atoms with van der Waals surface area (Å²) in [6.07, 6.45) is 0. The lowest BCUT2D eigenvalue weighted by molar-refractivity contribution is -0.00306. The Kier molecular flexibility index (Phi) is 6.48. The topological polar surface area (TPSA) is 46.5 Å². The summed E-state index contributed by atoms with van der Waals surface area (Å²) in [5, 5.41) is 11.5. The van der Waals surface area contributed by atoms with Gasteiger partial charge in [0.15, 0.2) is 0 Å². The smallest absolute Gasteiger partial charge is 0.339 e. The molecule has 0 atom stereocenters. The van der Waals surface area contributed by atoms with Crippen molar-refractivity contribution in [3.8, 4) is 16.9 Å². The quantitative estimate of drug-likeness (QED) is 0.419. The second-order valence-corrected chi connectivity index (χ2v) is 11.2. The third kappa shape index (κ3) is 5.13. The molecule has 0 aliphatic heterocycles. The third-order valence-electron chi connectivity index (χ3n) is 5.96. The Hall–Kier alpha value is -3.07. The largest absolute Gasteiger partial charge is 0.507 e. The van der Waals surface area contributed by atoms with Crippen molar-refractivity contribution in [2.24, 2.45) is 0 Å². The number of carbonyl (C=O) groups is 1. The summed E-state index contributed by atoms with van der Waals surface area (Å²) in [5.74, 6) is -0.161. The first-order valence-corrected chi connectivity index (χ1v) is 11.5. The number of hydrogen-bond donors (Lipinski definition) is 1. The second-order valence-electron chi connectivity index (χ2n) is 11.2. The Morgan fingerprint density at radius 2 is 1.27 bits per heavy atom. The van der Waals surface area contributed by atoms with Crippen LogP contribution in [0.15, 0.2) is 66.7 Å². The lowest BCUT2D eigenvalue weighted by atomic mass is 9.74. The van der Waals surface area contributed by atoms with Gasteiger partial charge in [0.05, 0.1) is 5.56 Å². The molecule has 3 aromatic rings. The van der Waals surface area contributed by atoms with Crippen LogP contribution in [0, 0.1) is 0 Å². The van der Waals surface area contributed by atoms with Crippen LogP contribution in [0.5, 0.6) is 5.75 Å². The normalized spacial score (nSPS) is 12.5. The van der Waals surface area contributed by atoms with E-state index in [9.17, 15) is 9.90 Å². The number of carbonyl (C=O) groups excluding carboxylic acids is 1. The van der Waals surface area contributed by atoms with Gasteiger partial charge in [-0.3, -0.25) is 0 Å². The molecule has 0 radical (unpaired) electrons. The molecule has 0 fully saturated rings. The molecule has 0 saturated carbocycles. The van der Waals surface area contributed by atoms with Gasteiger partial charge in [-0.1, -0.05) is 102 Å². The first-order valence-electron chi connectivity index (χ1n) is 11.5. The highest BCUT2D eigenvalue weighted by molar-refractivity contribution is 6.00. The molecule has 33 heavy (non-hydrogen) atoms. The number of rotatable bonds is 4. The van der Waals surface area contributed by atoms with Crippen LogP contribution in [0.25, 0.3) is 11.1 Å². The lowest BCUT2D eigenvalue weighted by Gasteiger charge is -2.32. The molecule has 0 spiro atoms. The van der Waals surface area contributed by atoms with Crippen molar-refractivity contribution in [1.29, 1.82) is 0 Å². The highest BCUT2D eigenvalue weighted by Gasteiger charge is 2.35. The standard InChI is InChI=1S/C30H36O3/c1-28(2,3)23-19-22(27(32)33-30(7,8)21-17-13-10-14-18-21)24(20-15-11-9-12-16-20)25(26(23)31)29(4,5)6/h9-19,31H,1-8H3. The van der Waals surface area contributed by atoms with Gasteiger partial charge in [-0.2, -0.15) is 0 Å². The maximum Gasteiger partial charge on any atom is 0.339 e. The summed E-state index contributed by atoms with van der Waals surface area (Å²) < 4.78 is 6.13. The van der Waals surface area contributed by atoms with Gasteiger partial charge in [-0.25, -0.2) is 4.79 Å². The fourth-order valence-electron chi connectivity index (χ4n) is 4.23. The minimum absolute atomic E-state index is 0.243. The monoisotopic (exact) mass is 444 g/mol. The van der Waals surface area contributed by atoms with Crippen molar-refractivity contribution in [3.05, 3.63) is 89.0 Å². The van der Waals surface area contributed by atoms with Gasteiger partial charge in [0.1, 0.15) is 11.4 Å². The highest BCUT2D eigenvalue weighted by atomic mass is 16.6. The van der Waals surface area contributed by atoms with Crippen molar-refractivity contribution in [2.75, 3.05) is 0 Å². The Labute approximate surface area is 198 Å². The van der Waals surface area contributed by atoms with Crippen LogP contribution >= 0.6 is 0 Å². The van der Waals surface area contributed by atoms with Crippen molar-refractivity contribution >= 4 is 5.97 Å². The zero-order chi connectivity index (χ0) is 24.6. The number of esters is 1. The van der Waals surface area contributed by atoms with Crippen LogP contribution in [-0.2, 0) is 21.2 Å². The third-order valence-corrected chi connectivity index (χ3v) is 5.96. The summed E-state index contributed by atoms with van der Waals surface area (Å²) >= 11 is 0. The van der Waals surface area contributed by atoms with E-state index in [0.717, 1.165) is 27.8 Å². The molecule has 0 amide bonds. The average molecular weight is 445 g/mol. The SMILES string of the molecule is CC(C)(C)c1cc(C(=O)OC(C)(C)c2ccccc2)c(-c2ccccc2)c(C(C)(C)C)c1O. The Morgan fingerprint density at radius 3 is 1.76 bits per heavy atom. The molecule has 0 aliphatic rings. The van der Waals surface area contributed by atoms with Crippen LogP contribution in [0.4, 0.5) is 0 Å². The van der Waals surface area contributed by atoms with Gasteiger partial charge < -0.3 is 9.84 Å². The first-order chi connectivity index (χ1) is 15.2. The molecule has 3 aromatic carbocycles. The molecule has 0 bridgehead atoms. The molecule has 3 rings (SSSR count). The van der Waals surface area contributed by atoms with Crippen molar-refractivity contribution < 1.29 is 14.6 Å². The average Bonchev–Trinajstić information content (AvgIpc) is 2.72. The van der Waals surface area contributed by atoms with Gasteiger partial charge >= 0.3 is 5.97 Å². The molecule has 3 nitrogen and oxygen atoms in total. The van der Waals surface area contributed by atoms with Crippen LogP contribution < -0.4 is 0 Å². The molecule has 1 N–H and O–H groups in total. The summed E-state index contributed by atoms with van der Waals surface area (Å²) in [7, 11) is 0. The number of phenols is 1. The van der Waals surface area contributed by atoms with Gasteiger partial charge in [-0.05, 0) is 41.9 Å². The van der Waals surface area contributed by atoms with Crippen LogP contribution in [-0.4, -0.2) is 11.1 Å². The molecule has 3 heteroatoms. The molecule has 0 aromatic heterocycles.